The number of hydrogen-bond donors (Lipinski definition) is 1. The lowest BCUT2D eigenvalue weighted by atomic mass is 10.1. The number of esters is 1. The van der Waals surface area contributed by atoms with Gasteiger partial charge in [0.2, 0.25) is 5.91 Å². The molecular weight excluding hydrogens is 340 g/mol. The third-order valence-corrected chi connectivity index (χ3v) is 3.51. The second-order valence-electron chi connectivity index (χ2n) is 7.25. The number of unbranched alkanes of at least 4 members (excludes halogenated alkanes) is 1. The zero-order valence-electron chi connectivity index (χ0n) is 16.5. The van der Waals surface area contributed by atoms with Crippen LogP contribution < -0.4 is 5.32 Å². The number of hydrogen-bond acceptors (Lipinski definition) is 4. The van der Waals surface area contributed by atoms with Gasteiger partial charge in [0.1, 0.15) is 11.6 Å². The molecule has 0 heterocycles. The van der Waals surface area contributed by atoms with Crippen molar-refractivity contribution in [1.29, 1.82) is 5.26 Å². The van der Waals surface area contributed by atoms with E-state index in [4.69, 9.17) is 10.00 Å². The molecule has 0 radical (unpaired) electrons. The van der Waals surface area contributed by atoms with E-state index in [1.165, 1.54) is 6.08 Å². The topological polar surface area (TPSA) is 79.2 Å². The van der Waals surface area contributed by atoms with Crippen LogP contribution in [0.5, 0.6) is 0 Å². The van der Waals surface area contributed by atoms with Gasteiger partial charge in [-0.15, -0.1) is 0 Å². The van der Waals surface area contributed by atoms with Crippen LogP contribution in [-0.2, 0) is 14.3 Å². The molecule has 5 nitrogen and oxygen atoms in total. The number of amides is 1. The standard InChI is InChI=1S/C22H28N2O3/c1-17(21(26)27-22(2,3)4)24-20(25)11-7-5-6-9-18-12-14-19(15-13-18)10-8-16-23/h6,8-10,12-15,17H,5,7,11H2,1-4H3,(H,24,25)/b9-6+,10-8+. The number of carbonyl (C=O) groups excluding carboxylic acids is 2. The van der Waals surface area contributed by atoms with Crippen LogP contribution in [0.1, 0.15) is 58.1 Å². The molecule has 1 atom stereocenters. The van der Waals surface area contributed by atoms with Gasteiger partial charge in [0.05, 0.1) is 6.07 Å². The van der Waals surface area contributed by atoms with Gasteiger partial charge in [0.25, 0.3) is 0 Å². The fraction of sp³-hybridized carbons (Fsp3) is 0.409. The minimum atomic E-state index is -0.652. The van der Waals surface area contributed by atoms with Crippen molar-refractivity contribution in [2.45, 2.75) is 58.6 Å². The lowest BCUT2D eigenvalue weighted by Gasteiger charge is -2.22. The van der Waals surface area contributed by atoms with E-state index in [9.17, 15) is 9.59 Å². The SMILES string of the molecule is CC(NC(=O)CCC/C=C/c1ccc(/C=C/C#N)cc1)C(=O)OC(C)(C)C. The van der Waals surface area contributed by atoms with Crippen LogP contribution in [0.2, 0.25) is 0 Å². The van der Waals surface area contributed by atoms with Crippen molar-refractivity contribution < 1.29 is 14.3 Å². The van der Waals surface area contributed by atoms with Crippen LogP contribution in [0, 0.1) is 11.3 Å². The smallest absolute Gasteiger partial charge is 0.328 e. The molecule has 0 aliphatic carbocycles. The summed E-state index contributed by atoms with van der Waals surface area (Å²) in [4.78, 5) is 23.7. The van der Waals surface area contributed by atoms with Gasteiger partial charge in [0, 0.05) is 12.5 Å². The number of nitrogens with one attached hydrogen (secondary N) is 1. The number of rotatable bonds is 8. The normalized spacial score (nSPS) is 12.7. The summed E-state index contributed by atoms with van der Waals surface area (Å²) in [5.41, 5.74) is 1.47. The number of benzene rings is 1. The van der Waals surface area contributed by atoms with Crippen molar-refractivity contribution in [2.24, 2.45) is 0 Å². The molecule has 144 valence electrons. The second-order valence-corrected chi connectivity index (χ2v) is 7.25. The molecular formula is C22H28N2O3. The number of nitrogens with zero attached hydrogens (tertiary/aromatic N) is 1. The maximum atomic E-state index is 11.9. The highest BCUT2D eigenvalue weighted by molar-refractivity contribution is 5.84. The van der Waals surface area contributed by atoms with E-state index in [-0.39, 0.29) is 5.91 Å². The molecule has 0 aromatic heterocycles. The summed E-state index contributed by atoms with van der Waals surface area (Å²) < 4.78 is 5.24. The molecule has 5 heteroatoms. The first kappa shape index (κ1) is 22.2. The number of carbonyl (C=O) groups is 2. The van der Waals surface area contributed by atoms with E-state index in [0.717, 1.165) is 17.5 Å². The van der Waals surface area contributed by atoms with Gasteiger partial charge in [-0.25, -0.2) is 4.79 Å². The van der Waals surface area contributed by atoms with E-state index in [2.05, 4.69) is 5.32 Å². The first-order valence-electron chi connectivity index (χ1n) is 9.06. The van der Waals surface area contributed by atoms with Crippen molar-refractivity contribution in [3.63, 3.8) is 0 Å². The summed E-state index contributed by atoms with van der Waals surface area (Å²) in [7, 11) is 0. The van der Waals surface area contributed by atoms with Crippen molar-refractivity contribution in [2.75, 3.05) is 0 Å². The third-order valence-electron chi connectivity index (χ3n) is 3.51. The highest BCUT2D eigenvalue weighted by Gasteiger charge is 2.22. The van der Waals surface area contributed by atoms with Crippen molar-refractivity contribution in [3.8, 4) is 6.07 Å². The maximum Gasteiger partial charge on any atom is 0.328 e. The Morgan fingerprint density at radius 3 is 2.33 bits per heavy atom. The van der Waals surface area contributed by atoms with E-state index in [1.807, 2.05) is 42.5 Å². The molecule has 0 saturated heterocycles. The van der Waals surface area contributed by atoms with E-state index >= 15 is 0 Å². The van der Waals surface area contributed by atoms with Crippen LogP contribution in [0.3, 0.4) is 0 Å². The lowest BCUT2D eigenvalue weighted by molar-refractivity contribution is -0.158. The van der Waals surface area contributed by atoms with Gasteiger partial charge in [0.15, 0.2) is 0 Å². The zero-order chi connectivity index (χ0) is 20.3. The van der Waals surface area contributed by atoms with Gasteiger partial charge in [-0.1, -0.05) is 36.4 Å². The van der Waals surface area contributed by atoms with Gasteiger partial charge >= 0.3 is 5.97 Å². The fourth-order valence-electron chi connectivity index (χ4n) is 2.21. The van der Waals surface area contributed by atoms with E-state index < -0.39 is 17.6 Å². The van der Waals surface area contributed by atoms with Gasteiger partial charge in [-0.05, 0) is 57.7 Å². The summed E-state index contributed by atoms with van der Waals surface area (Å²) in [6.45, 7) is 7.01. The van der Waals surface area contributed by atoms with Gasteiger partial charge in [-0.3, -0.25) is 4.79 Å². The first-order chi connectivity index (χ1) is 12.7. The van der Waals surface area contributed by atoms with Gasteiger partial charge in [-0.2, -0.15) is 5.26 Å². The first-order valence-corrected chi connectivity index (χ1v) is 9.06. The third kappa shape index (κ3) is 10.0. The van der Waals surface area contributed by atoms with Crippen LogP contribution in [0.25, 0.3) is 12.2 Å². The zero-order valence-corrected chi connectivity index (χ0v) is 16.5. The molecule has 1 unspecified atom stereocenters. The Morgan fingerprint density at radius 2 is 1.78 bits per heavy atom. The van der Waals surface area contributed by atoms with E-state index in [1.54, 1.807) is 33.8 Å². The van der Waals surface area contributed by atoms with E-state index in [0.29, 0.717) is 12.8 Å². The molecule has 0 aliphatic heterocycles. The maximum absolute atomic E-state index is 11.9. The minimum absolute atomic E-state index is 0.157. The highest BCUT2D eigenvalue weighted by Crippen LogP contribution is 2.10. The Morgan fingerprint density at radius 1 is 1.19 bits per heavy atom. The van der Waals surface area contributed by atoms with Crippen molar-refractivity contribution in [1.82, 2.24) is 5.32 Å². The van der Waals surface area contributed by atoms with Crippen LogP contribution in [0.4, 0.5) is 0 Å². The van der Waals surface area contributed by atoms with Crippen molar-refractivity contribution in [3.05, 3.63) is 47.5 Å². The molecule has 1 N–H and O–H groups in total. The number of nitriles is 1. The minimum Gasteiger partial charge on any atom is -0.458 e. The molecule has 0 aliphatic rings. The molecule has 1 rings (SSSR count). The Labute approximate surface area is 161 Å². The Kier molecular flexibility index (Phi) is 9.01. The Balaban J connectivity index is 2.31. The molecule has 1 amide bonds. The lowest BCUT2D eigenvalue weighted by Crippen LogP contribution is -2.42. The monoisotopic (exact) mass is 368 g/mol. The Bertz CT molecular complexity index is 719. The largest absolute Gasteiger partial charge is 0.458 e. The number of ether oxygens (including phenoxy) is 1. The van der Waals surface area contributed by atoms with Gasteiger partial charge < -0.3 is 10.1 Å². The molecule has 1 aromatic rings. The molecule has 0 fully saturated rings. The summed E-state index contributed by atoms with van der Waals surface area (Å²) in [5, 5.41) is 11.2. The molecule has 27 heavy (non-hydrogen) atoms. The summed E-state index contributed by atoms with van der Waals surface area (Å²) in [5.74, 6) is -0.584. The Hall–Kier alpha value is -2.87. The molecule has 0 saturated carbocycles. The predicted octanol–water partition coefficient (Wildman–Crippen LogP) is 4.25. The average molecular weight is 368 g/mol. The quantitative estimate of drug-likeness (QED) is 0.422. The average Bonchev–Trinajstić information content (AvgIpc) is 2.59. The molecule has 0 bridgehead atoms. The number of allylic oxidation sites excluding steroid dienone is 2. The summed E-state index contributed by atoms with van der Waals surface area (Å²) in [6, 6.07) is 9.15. The highest BCUT2D eigenvalue weighted by atomic mass is 16.6. The van der Waals surface area contributed by atoms with Crippen LogP contribution in [-0.4, -0.2) is 23.5 Å². The molecule has 1 aromatic carbocycles. The molecule has 0 spiro atoms. The fourth-order valence-corrected chi connectivity index (χ4v) is 2.21. The van der Waals surface area contributed by atoms with Crippen molar-refractivity contribution >= 4 is 24.0 Å². The van der Waals surface area contributed by atoms with Crippen LogP contribution >= 0.6 is 0 Å². The van der Waals surface area contributed by atoms with Crippen LogP contribution in [0.15, 0.2) is 36.4 Å². The second kappa shape index (κ2) is 11.0. The summed E-state index contributed by atoms with van der Waals surface area (Å²) in [6.07, 6.45) is 9.04. The predicted molar refractivity (Wildman–Crippen MR) is 107 cm³/mol. The summed E-state index contributed by atoms with van der Waals surface area (Å²) >= 11 is 0.